The minimum absolute atomic E-state index is 0.0206. The summed E-state index contributed by atoms with van der Waals surface area (Å²) in [6.07, 6.45) is 6.09. The van der Waals surface area contributed by atoms with Crippen molar-refractivity contribution in [2.24, 2.45) is 0 Å². The van der Waals surface area contributed by atoms with Gasteiger partial charge in [-0.2, -0.15) is 0 Å². The molecule has 4 N–H and O–H groups in total. The number of hydrogen-bond acceptors (Lipinski definition) is 7. The van der Waals surface area contributed by atoms with E-state index < -0.39 is 11.8 Å². The number of pyridine rings is 3. The Balaban J connectivity index is 1.22. The highest BCUT2D eigenvalue weighted by Gasteiger charge is 2.14. The number of rotatable bonds is 8. The molecule has 11 heteroatoms. The van der Waals surface area contributed by atoms with Crippen molar-refractivity contribution in [3.8, 4) is 0 Å². The molecule has 0 aliphatic rings. The lowest BCUT2D eigenvalue weighted by atomic mass is 10.2. The maximum Gasteiger partial charge on any atom is 0.274 e. The quantitative estimate of drug-likeness (QED) is 0.212. The topological polar surface area (TPSA) is 155 Å². The van der Waals surface area contributed by atoms with E-state index in [0.717, 1.165) is 0 Å². The molecule has 0 spiro atoms. The summed E-state index contributed by atoms with van der Waals surface area (Å²) in [4.78, 5) is 62.7. The molecular formula is C31H23N7O4. The zero-order valence-electron chi connectivity index (χ0n) is 21.9. The molecule has 11 nitrogen and oxygen atoms in total. The van der Waals surface area contributed by atoms with Gasteiger partial charge in [0.05, 0.1) is 0 Å². The molecule has 4 amide bonds. The summed E-state index contributed by atoms with van der Waals surface area (Å²) in [6.45, 7) is 0. The number of anilines is 4. The molecule has 3 aromatic heterocycles. The van der Waals surface area contributed by atoms with Gasteiger partial charge in [0.1, 0.15) is 11.4 Å². The van der Waals surface area contributed by atoms with Crippen molar-refractivity contribution in [3.63, 3.8) is 0 Å². The van der Waals surface area contributed by atoms with Crippen molar-refractivity contribution in [2.45, 2.75) is 0 Å². The van der Waals surface area contributed by atoms with Crippen LogP contribution in [0.25, 0.3) is 0 Å². The van der Waals surface area contributed by atoms with Gasteiger partial charge in [-0.1, -0.05) is 18.2 Å². The maximum atomic E-state index is 12.9. The first-order chi connectivity index (χ1) is 20.4. The van der Waals surface area contributed by atoms with Crippen molar-refractivity contribution in [1.29, 1.82) is 0 Å². The van der Waals surface area contributed by atoms with Crippen LogP contribution in [0.4, 0.5) is 22.7 Å². The van der Waals surface area contributed by atoms with E-state index in [0.29, 0.717) is 33.9 Å². The Morgan fingerprint density at radius 1 is 0.429 bits per heavy atom. The lowest BCUT2D eigenvalue weighted by molar-refractivity contribution is 0.100. The Hall–Kier alpha value is -6.23. The first-order valence-electron chi connectivity index (χ1n) is 12.7. The summed E-state index contributed by atoms with van der Waals surface area (Å²) in [5.74, 6) is -1.71. The van der Waals surface area contributed by atoms with Crippen LogP contribution in [0.5, 0.6) is 0 Å². The first-order valence-corrected chi connectivity index (χ1v) is 12.7. The van der Waals surface area contributed by atoms with Gasteiger partial charge < -0.3 is 21.3 Å². The van der Waals surface area contributed by atoms with Crippen LogP contribution in [0.3, 0.4) is 0 Å². The number of nitrogens with zero attached hydrogens (tertiary/aromatic N) is 3. The minimum atomic E-state index is -0.539. The molecule has 0 radical (unpaired) electrons. The summed E-state index contributed by atoms with van der Waals surface area (Å²) in [6, 6.07) is 24.2. The van der Waals surface area contributed by atoms with Crippen molar-refractivity contribution >= 4 is 46.4 Å². The van der Waals surface area contributed by atoms with Crippen molar-refractivity contribution in [3.05, 3.63) is 138 Å². The van der Waals surface area contributed by atoms with Crippen LogP contribution in [-0.4, -0.2) is 38.6 Å². The van der Waals surface area contributed by atoms with Crippen LogP contribution >= 0.6 is 0 Å². The molecule has 3 heterocycles. The SMILES string of the molecule is O=C(Nc1cccc(NC(=O)c2cccc(C(=O)Nc3cccc(NC(=O)c4ccncc4)c3)n2)c1)c1ccncc1. The lowest BCUT2D eigenvalue weighted by Crippen LogP contribution is -2.19. The number of carbonyl (C=O) groups is 4. The van der Waals surface area contributed by atoms with E-state index in [1.54, 1.807) is 78.9 Å². The Morgan fingerprint density at radius 2 is 0.762 bits per heavy atom. The summed E-state index contributed by atoms with van der Waals surface area (Å²) in [5.41, 5.74) is 2.74. The summed E-state index contributed by atoms with van der Waals surface area (Å²) >= 11 is 0. The smallest absolute Gasteiger partial charge is 0.274 e. The van der Waals surface area contributed by atoms with Gasteiger partial charge >= 0.3 is 0 Å². The van der Waals surface area contributed by atoms with Crippen LogP contribution in [0.15, 0.2) is 116 Å². The molecule has 5 rings (SSSR count). The van der Waals surface area contributed by atoms with E-state index >= 15 is 0 Å². The van der Waals surface area contributed by atoms with Gasteiger partial charge in [0.25, 0.3) is 23.6 Å². The van der Waals surface area contributed by atoms with E-state index in [1.807, 2.05) is 0 Å². The average Bonchev–Trinajstić information content (AvgIpc) is 3.02. The van der Waals surface area contributed by atoms with Crippen LogP contribution in [0.1, 0.15) is 41.7 Å². The second-order valence-electron chi connectivity index (χ2n) is 8.86. The molecule has 0 bridgehead atoms. The standard InChI is InChI=1S/C31H23N7O4/c39-28(20-10-14-32-15-11-20)34-22-4-1-6-24(18-22)36-30(41)26-8-3-9-27(38-26)31(42)37-25-7-2-5-23(19-25)35-29(40)21-12-16-33-17-13-21/h1-19H,(H,34,39)(H,35,40)(H,36,41)(H,37,42). The van der Waals surface area contributed by atoms with Crippen molar-refractivity contribution in [2.75, 3.05) is 21.3 Å². The Morgan fingerprint density at radius 3 is 1.14 bits per heavy atom. The molecule has 0 fully saturated rings. The van der Waals surface area contributed by atoms with Crippen molar-refractivity contribution < 1.29 is 19.2 Å². The van der Waals surface area contributed by atoms with E-state index in [9.17, 15) is 19.2 Å². The Labute approximate surface area is 240 Å². The van der Waals surface area contributed by atoms with Crippen LogP contribution in [0, 0.1) is 0 Å². The van der Waals surface area contributed by atoms with Gasteiger partial charge in [-0.15, -0.1) is 0 Å². The van der Waals surface area contributed by atoms with Gasteiger partial charge in [0.2, 0.25) is 0 Å². The molecule has 0 atom stereocenters. The maximum absolute atomic E-state index is 12.9. The molecule has 5 aromatic rings. The average molecular weight is 558 g/mol. The molecule has 42 heavy (non-hydrogen) atoms. The summed E-state index contributed by atoms with van der Waals surface area (Å²) < 4.78 is 0. The third kappa shape index (κ3) is 7.04. The highest BCUT2D eigenvalue weighted by Crippen LogP contribution is 2.19. The Kier molecular flexibility index (Phi) is 8.30. The number of amides is 4. The van der Waals surface area contributed by atoms with E-state index in [4.69, 9.17) is 0 Å². The minimum Gasteiger partial charge on any atom is -0.322 e. The number of hydrogen-bond donors (Lipinski definition) is 4. The predicted octanol–water partition coefficient (Wildman–Crippen LogP) is 4.88. The first kappa shape index (κ1) is 27.3. The van der Waals surface area contributed by atoms with Gasteiger partial charge in [0.15, 0.2) is 0 Å². The molecule has 0 unspecified atom stereocenters. The number of aromatic nitrogens is 3. The molecule has 0 aliphatic heterocycles. The highest BCUT2D eigenvalue weighted by molar-refractivity contribution is 6.08. The lowest BCUT2D eigenvalue weighted by Gasteiger charge is -2.10. The number of benzene rings is 2. The molecule has 0 saturated heterocycles. The summed E-state index contributed by atoms with van der Waals surface area (Å²) in [5, 5.41) is 11.0. The molecule has 206 valence electrons. The fourth-order valence-electron chi connectivity index (χ4n) is 3.84. The van der Waals surface area contributed by atoms with E-state index in [1.165, 1.54) is 36.9 Å². The predicted molar refractivity (Wildman–Crippen MR) is 157 cm³/mol. The zero-order chi connectivity index (χ0) is 29.3. The largest absolute Gasteiger partial charge is 0.322 e. The van der Waals surface area contributed by atoms with E-state index in [2.05, 4.69) is 36.2 Å². The van der Waals surface area contributed by atoms with Crippen LogP contribution in [-0.2, 0) is 0 Å². The van der Waals surface area contributed by atoms with E-state index in [-0.39, 0.29) is 23.2 Å². The van der Waals surface area contributed by atoms with Gasteiger partial charge in [-0.3, -0.25) is 29.1 Å². The second-order valence-corrected chi connectivity index (χ2v) is 8.86. The Bertz CT molecular complexity index is 1640. The molecule has 2 aromatic carbocycles. The number of carbonyl (C=O) groups excluding carboxylic acids is 4. The molecule has 0 aliphatic carbocycles. The fourth-order valence-corrected chi connectivity index (χ4v) is 3.84. The van der Waals surface area contributed by atoms with Gasteiger partial charge in [-0.25, -0.2) is 4.98 Å². The highest BCUT2D eigenvalue weighted by atomic mass is 16.2. The van der Waals surface area contributed by atoms with Crippen molar-refractivity contribution in [1.82, 2.24) is 15.0 Å². The normalized spacial score (nSPS) is 10.3. The van der Waals surface area contributed by atoms with Gasteiger partial charge in [-0.05, 0) is 72.8 Å². The number of nitrogens with one attached hydrogen (secondary N) is 4. The second kappa shape index (κ2) is 12.7. The monoisotopic (exact) mass is 557 g/mol. The molecule has 0 saturated carbocycles. The van der Waals surface area contributed by atoms with Crippen LogP contribution in [0.2, 0.25) is 0 Å². The fraction of sp³-hybridized carbons (Fsp3) is 0. The zero-order valence-corrected chi connectivity index (χ0v) is 21.9. The summed E-state index contributed by atoms with van der Waals surface area (Å²) in [7, 11) is 0. The third-order valence-corrected chi connectivity index (χ3v) is 5.86. The third-order valence-electron chi connectivity index (χ3n) is 5.86. The molecular weight excluding hydrogens is 534 g/mol. The van der Waals surface area contributed by atoms with Gasteiger partial charge in [0, 0.05) is 58.7 Å². The van der Waals surface area contributed by atoms with Crippen LogP contribution < -0.4 is 21.3 Å².